The quantitative estimate of drug-likeness (QED) is 0.762. The van der Waals surface area contributed by atoms with E-state index in [0.717, 1.165) is 0 Å². The molecule has 0 unspecified atom stereocenters. The van der Waals surface area contributed by atoms with E-state index in [9.17, 15) is 9.18 Å². The van der Waals surface area contributed by atoms with Gasteiger partial charge in [0, 0.05) is 10.6 Å². The fourth-order valence-corrected chi connectivity index (χ4v) is 2.27. The molecule has 1 amide bonds. The van der Waals surface area contributed by atoms with Crippen LogP contribution in [0.2, 0.25) is 5.02 Å². The predicted octanol–water partition coefficient (Wildman–Crippen LogP) is 3.81. The number of halogens is 2. The summed E-state index contributed by atoms with van der Waals surface area (Å²) in [5, 5.41) is 0.381. The molecule has 1 heterocycles. The number of nitrogens with two attached hydrogens (primary N) is 1. The number of benzene rings is 2. The summed E-state index contributed by atoms with van der Waals surface area (Å²) in [5.41, 5.74) is 6.48. The number of hydrogen-bond donors (Lipinski definition) is 1. The lowest BCUT2D eigenvalue weighted by molar-refractivity contribution is 0.0996. The molecule has 0 saturated carbocycles. The molecule has 7 heteroatoms. The van der Waals surface area contributed by atoms with E-state index in [-0.39, 0.29) is 23.9 Å². The highest BCUT2D eigenvalue weighted by Crippen LogP contribution is 2.24. The average Bonchev–Trinajstić information content (AvgIpc) is 3.02. The van der Waals surface area contributed by atoms with Crippen molar-refractivity contribution in [3.05, 3.63) is 70.8 Å². The summed E-state index contributed by atoms with van der Waals surface area (Å²) in [7, 11) is 0. The van der Waals surface area contributed by atoms with Crippen LogP contribution in [-0.4, -0.2) is 10.9 Å². The molecule has 0 aliphatic carbocycles. The summed E-state index contributed by atoms with van der Waals surface area (Å²) in [6, 6.07) is 10.5. The van der Waals surface area contributed by atoms with Gasteiger partial charge in [-0.1, -0.05) is 17.7 Å². The van der Waals surface area contributed by atoms with Crippen LogP contribution in [0.5, 0.6) is 5.75 Å². The van der Waals surface area contributed by atoms with Gasteiger partial charge in [-0.15, -0.1) is 0 Å². The largest absolute Gasteiger partial charge is 0.486 e. The molecule has 5 nitrogen and oxygen atoms in total. The molecule has 0 fully saturated rings. The summed E-state index contributed by atoms with van der Waals surface area (Å²) in [6.45, 7) is 0.0563. The van der Waals surface area contributed by atoms with E-state index >= 15 is 0 Å². The van der Waals surface area contributed by atoms with Gasteiger partial charge in [0.2, 0.25) is 5.89 Å². The number of oxazole rings is 1. The van der Waals surface area contributed by atoms with E-state index in [1.165, 1.54) is 24.5 Å². The second-order valence-corrected chi connectivity index (χ2v) is 5.38. The van der Waals surface area contributed by atoms with Gasteiger partial charge in [-0.3, -0.25) is 4.79 Å². The number of ether oxygens (including phenoxy) is 1. The molecule has 3 rings (SSSR count). The Morgan fingerprint density at radius 2 is 2.12 bits per heavy atom. The molecule has 2 aromatic carbocycles. The molecule has 0 saturated heterocycles. The molecule has 0 aliphatic rings. The average molecular weight is 347 g/mol. The second-order valence-electron chi connectivity index (χ2n) is 4.95. The van der Waals surface area contributed by atoms with E-state index < -0.39 is 5.91 Å². The number of rotatable bonds is 5. The topological polar surface area (TPSA) is 78.4 Å². The normalized spacial score (nSPS) is 10.6. The van der Waals surface area contributed by atoms with Crippen LogP contribution in [0.25, 0.3) is 11.5 Å². The van der Waals surface area contributed by atoms with Crippen molar-refractivity contribution in [2.75, 3.05) is 0 Å². The molecular formula is C17H12ClFN2O3. The minimum absolute atomic E-state index is 0.0563. The molecule has 0 aliphatic heterocycles. The minimum Gasteiger partial charge on any atom is -0.486 e. The smallest absolute Gasteiger partial charge is 0.252 e. The monoisotopic (exact) mass is 346 g/mol. The molecule has 0 radical (unpaired) electrons. The van der Waals surface area contributed by atoms with Crippen LogP contribution in [0.1, 0.15) is 16.1 Å². The van der Waals surface area contributed by atoms with Crippen molar-refractivity contribution in [2.45, 2.75) is 6.61 Å². The van der Waals surface area contributed by atoms with E-state index in [0.29, 0.717) is 22.0 Å². The van der Waals surface area contributed by atoms with Crippen molar-refractivity contribution >= 4 is 17.5 Å². The van der Waals surface area contributed by atoms with Crippen LogP contribution < -0.4 is 10.5 Å². The first kappa shape index (κ1) is 16.0. The Kier molecular flexibility index (Phi) is 4.48. The van der Waals surface area contributed by atoms with E-state index in [1.807, 2.05) is 0 Å². The fourth-order valence-electron chi connectivity index (χ4n) is 2.10. The summed E-state index contributed by atoms with van der Waals surface area (Å²) < 4.78 is 24.1. The van der Waals surface area contributed by atoms with Crippen molar-refractivity contribution in [3.63, 3.8) is 0 Å². The van der Waals surface area contributed by atoms with Gasteiger partial charge in [0.05, 0.1) is 5.56 Å². The van der Waals surface area contributed by atoms with Crippen molar-refractivity contribution in [1.82, 2.24) is 4.98 Å². The molecule has 24 heavy (non-hydrogen) atoms. The van der Waals surface area contributed by atoms with E-state index in [1.54, 1.807) is 24.3 Å². The first-order valence-corrected chi connectivity index (χ1v) is 7.33. The molecule has 1 aromatic heterocycles. The van der Waals surface area contributed by atoms with Crippen molar-refractivity contribution < 1.29 is 18.3 Å². The number of carbonyl (C=O) groups is 1. The maximum Gasteiger partial charge on any atom is 0.252 e. The number of primary amides is 1. The van der Waals surface area contributed by atoms with Crippen LogP contribution >= 0.6 is 11.6 Å². The predicted molar refractivity (Wildman–Crippen MR) is 86.2 cm³/mol. The Morgan fingerprint density at radius 3 is 2.88 bits per heavy atom. The number of amides is 1. The maximum atomic E-state index is 13.2. The Balaban J connectivity index is 1.76. The Bertz CT molecular complexity index is 895. The van der Waals surface area contributed by atoms with Crippen LogP contribution in [0.3, 0.4) is 0 Å². The van der Waals surface area contributed by atoms with Crippen LogP contribution in [0.4, 0.5) is 4.39 Å². The Labute approximate surface area is 141 Å². The number of nitrogens with zero attached hydrogens (tertiary/aromatic N) is 1. The van der Waals surface area contributed by atoms with E-state index in [4.69, 9.17) is 26.5 Å². The zero-order valence-corrected chi connectivity index (χ0v) is 13.1. The minimum atomic E-state index is -0.645. The number of hydrogen-bond acceptors (Lipinski definition) is 4. The third-order valence-electron chi connectivity index (χ3n) is 3.21. The second kappa shape index (κ2) is 6.72. The fraction of sp³-hybridized carbons (Fsp3) is 0.0588. The van der Waals surface area contributed by atoms with Gasteiger partial charge >= 0.3 is 0 Å². The van der Waals surface area contributed by atoms with Crippen molar-refractivity contribution in [3.8, 4) is 17.2 Å². The molecular weight excluding hydrogens is 335 g/mol. The van der Waals surface area contributed by atoms with Crippen LogP contribution in [0.15, 0.2) is 53.1 Å². The lowest BCUT2D eigenvalue weighted by atomic mass is 10.2. The Morgan fingerprint density at radius 1 is 1.29 bits per heavy atom. The Hall–Kier alpha value is -2.86. The first-order valence-electron chi connectivity index (χ1n) is 6.95. The summed E-state index contributed by atoms with van der Waals surface area (Å²) in [4.78, 5) is 15.6. The molecule has 3 aromatic rings. The zero-order chi connectivity index (χ0) is 17.1. The van der Waals surface area contributed by atoms with Gasteiger partial charge in [0.1, 0.15) is 30.1 Å². The number of carbonyl (C=O) groups excluding carboxylic acids is 1. The standard InChI is InChI=1S/C17H12ClFN2O3/c18-11-4-5-15(14(7-11)16(20)22)23-8-13-9-24-17(21-13)10-2-1-3-12(19)6-10/h1-7,9H,8H2,(H2,20,22). The zero-order valence-electron chi connectivity index (χ0n) is 12.3. The van der Waals surface area contributed by atoms with Crippen LogP contribution in [-0.2, 0) is 6.61 Å². The first-order chi connectivity index (χ1) is 11.5. The highest BCUT2D eigenvalue weighted by atomic mass is 35.5. The maximum absolute atomic E-state index is 13.2. The molecule has 122 valence electrons. The highest BCUT2D eigenvalue weighted by Gasteiger charge is 2.12. The van der Waals surface area contributed by atoms with Crippen molar-refractivity contribution in [1.29, 1.82) is 0 Å². The third-order valence-corrected chi connectivity index (χ3v) is 3.44. The summed E-state index contributed by atoms with van der Waals surface area (Å²) >= 11 is 5.84. The van der Waals surface area contributed by atoms with E-state index in [2.05, 4.69) is 4.98 Å². The summed E-state index contributed by atoms with van der Waals surface area (Å²) in [5.74, 6) is -0.453. The molecule has 0 spiro atoms. The van der Waals surface area contributed by atoms with Crippen LogP contribution in [0, 0.1) is 5.82 Å². The lowest BCUT2D eigenvalue weighted by Gasteiger charge is -2.08. The molecule has 0 bridgehead atoms. The van der Waals surface area contributed by atoms with Crippen molar-refractivity contribution in [2.24, 2.45) is 5.73 Å². The highest BCUT2D eigenvalue weighted by molar-refractivity contribution is 6.31. The van der Waals surface area contributed by atoms with Gasteiger partial charge in [-0.25, -0.2) is 9.37 Å². The molecule has 0 atom stereocenters. The van der Waals surface area contributed by atoms with Gasteiger partial charge in [0.25, 0.3) is 5.91 Å². The SMILES string of the molecule is NC(=O)c1cc(Cl)ccc1OCc1coc(-c2cccc(F)c2)n1. The number of aromatic nitrogens is 1. The van der Waals surface area contributed by atoms with Gasteiger partial charge in [0.15, 0.2) is 0 Å². The lowest BCUT2D eigenvalue weighted by Crippen LogP contribution is -2.13. The van der Waals surface area contributed by atoms with Gasteiger partial charge in [-0.05, 0) is 36.4 Å². The third kappa shape index (κ3) is 3.55. The van der Waals surface area contributed by atoms with Gasteiger partial charge in [-0.2, -0.15) is 0 Å². The van der Waals surface area contributed by atoms with Gasteiger partial charge < -0.3 is 14.9 Å². The summed E-state index contributed by atoms with van der Waals surface area (Å²) in [6.07, 6.45) is 1.40. The molecule has 2 N–H and O–H groups in total.